The summed E-state index contributed by atoms with van der Waals surface area (Å²) in [5.74, 6) is -2.85. The first-order valence-electron chi connectivity index (χ1n) is 11.7. The number of nitrogens with one attached hydrogen (secondary N) is 3. The van der Waals surface area contributed by atoms with E-state index in [0.717, 1.165) is 17.7 Å². The van der Waals surface area contributed by atoms with E-state index in [0.29, 0.717) is 45.4 Å². The Bertz CT molecular complexity index is 1200. The van der Waals surface area contributed by atoms with Gasteiger partial charge in [-0.05, 0) is 74.3 Å². The molecule has 36 heavy (non-hydrogen) atoms. The first-order chi connectivity index (χ1) is 17.3. The number of rotatable bonds is 7. The van der Waals surface area contributed by atoms with Crippen molar-refractivity contribution in [3.05, 3.63) is 82.8 Å². The fourth-order valence-electron chi connectivity index (χ4n) is 4.63. The molecule has 2 aromatic carbocycles. The summed E-state index contributed by atoms with van der Waals surface area (Å²) in [5.41, 5.74) is 0.630. The van der Waals surface area contributed by atoms with Crippen LogP contribution in [0.5, 0.6) is 0 Å². The van der Waals surface area contributed by atoms with Gasteiger partial charge in [0.1, 0.15) is 5.82 Å². The molecule has 1 atom stereocenters. The highest BCUT2D eigenvalue weighted by Gasteiger charge is 2.36. The Morgan fingerprint density at radius 1 is 1.11 bits per heavy atom. The van der Waals surface area contributed by atoms with Crippen LogP contribution in [0.4, 0.5) is 18.0 Å². The molecule has 0 spiro atoms. The van der Waals surface area contributed by atoms with Crippen molar-refractivity contribution in [2.45, 2.75) is 30.7 Å². The summed E-state index contributed by atoms with van der Waals surface area (Å²) >= 11 is 0. The molecule has 1 fully saturated rings. The minimum atomic E-state index is -1.07. The molecule has 10 heteroatoms. The molecule has 188 valence electrons. The lowest BCUT2D eigenvalue weighted by Crippen LogP contribution is -2.45. The Hall–Kier alpha value is -3.84. The number of urea groups is 1. The molecule has 1 saturated heterocycles. The van der Waals surface area contributed by atoms with Gasteiger partial charge in [0.05, 0.1) is 23.1 Å². The molecule has 2 aromatic rings. The van der Waals surface area contributed by atoms with Gasteiger partial charge >= 0.3 is 6.03 Å². The first-order valence-corrected chi connectivity index (χ1v) is 11.7. The number of hydrogen-bond acceptors (Lipinski definition) is 4. The van der Waals surface area contributed by atoms with Gasteiger partial charge in [-0.2, -0.15) is 5.26 Å². The van der Waals surface area contributed by atoms with Crippen LogP contribution in [-0.4, -0.2) is 43.0 Å². The quantitative estimate of drug-likeness (QED) is 0.511. The molecule has 0 bridgehead atoms. The van der Waals surface area contributed by atoms with Crippen LogP contribution in [-0.2, 0) is 10.2 Å². The van der Waals surface area contributed by atoms with Gasteiger partial charge in [-0.25, -0.2) is 18.0 Å². The van der Waals surface area contributed by atoms with Crippen LogP contribution in [0.25, 0.3) is 0 Å². The highest BCUT2D eigenvalue weighted by atomic mass is 19.2. The Kier molecular flexibility index (Phi) is 7.60. The van der Waals surface area contributed by atoms with Gasteiger partial charge in [-0.1, -0.05) is 18.2 Å². The first kappa shape index (κ1) is 25.3. The molecular weight excluding hydrogens is 471 g/mol. The second-order valence-electron chi connectivity index (χ2n) is 8.98. The fourth-order valence-corrected chi connectivity index (χ4v) is 4.63. The number of benzene rings is 2. The number of carbonyl (C=O) groups excluding carboxylic acids is 2. The van der Waals surface area contributed by atoms with Gasteiger partial charge in [-0.15, -0.1) is 0 Å². The van der Waals surface area contributed by atoms with Gasteiger partial charge in [-0.3, -0.25) is 4.79 Å². The molecule has 3 N–H and O–H groups in total. The molecule has 0 aromatic heterocycles. The van der Waals surface area contributed by atoms with E-state index >= 15 is 0 Å². The zero-order chi connectivity index (χ0) is 25.7. The number of carbonyl (C=O) groups is 2. The maximum absolute atomic E-state index is 13.7. The van der Waals surface area contributed by atoms with Crippen molar-refractivity contribution in [3.8, 4) is 6.07 Å². The van der Waals surface area contributed by atoms with Crippen LogP contribution in [0.3, 0.4) is 0 Å². The SMILES string of the molecule is N#CC1(c2ccc(F)cc2)CCN(CCCNC(=O)C2=CNC(=O)N[C@@H]2c2ccc(F)c(F)c2)CC1. The summed E-state index contributed by atoms with van der Waals surface area (Å²) in [5, 5.41) is 17.6. The number of halogens is 3. The van der Waals surface area contributed by atoms with E-state index in [9.17, 15) is 28.0 Å². The molecule has 4 rings (SSSR count). The average molecular weight is 498 g/mol. The number of piperidine rings is 1. The van der Waals surface area contributed by atoms with Crippen molar-refractivity contribution in [2.75, 3.05) is 26.2 Å². The average Bonchev–Trinajstić information content (AvgIpc) is 2.89. The number of hydrogen-bond donors (Lipinski definition) is 3. The van der Waals surface area contributed by atoms with E-state index in [1.165, 1.54) is 24.4 Å². The zero-order valence-electron chi connectivity index (χ0n) is 19.5. The van der Waals surface area contributed by atoms with Crippen LogP contribution in [0.2, 0.25) is 0 Å². The second kappa shape index (κ2) is 10.8. The van der Waals surface area contributed by atoms with Crippen molar-refractivity contribution >= 4 is 11.9 Å². The van der Waals surface area contributed by atoms with E-state index in [-0.39, 0.29) is 17.0 Å². The zero-order valence-corrected chi connectivity index (χ0v) is 19.5. The van der Waals surface area contributed by atoms with Crippen molar-refractivity contribution in [1.82, 2.24) is 20.9 Å². The number of likely N-dealkylation sites (tertiary alicyclic amines) is 1. The second-order valence-corrected chi connectivity index (χ2v) is 8.98. The highest BCUT2D eigenvalue weighted by Crippen LogP contribution is 2.35. The minimum absolute atomic E-state index is 0.177. The van der Waals surface area contributed by atoms with E-state index in [1.54, 1.807) is 12.1 Å². The summed E-state index contributed by atoms with van der Waals surface area (Å²) in [6.07, 6.45) is 3.19. The molecule has 2 heterocycles. The number of nitriles is 1. The lowest BCUT2D eigenvalue weighted by molar-refractivity contribution is -0.117. The molecule has 0 aliphatic carbocycles. The standard InChI is InChI=1S/C26H26F3N5O2/c27-19-5-3-18(4-6-19)26(16-30)8-12-34(13-9-26)11-1-10-31-24(35)20-15-32-25(36)33-23(20)17-2-7-21(28)22(29)14-17/h2-7,14-15,23H,1,8-13H2,(H,31,35)(H2,32,33,36)/t23-/m1/s1. The van der Waals surface area contributed by atoms with Gasteiger partial charge in [0, 0.05) is 12.7 Å². The third-order valence-corrected chi connectivity index (χ3v) is 6.74. The van der Waals surface area contributed by atoms with E-state index in [4.69, 9.17) is 0 Å². The maximum Gasteiger partial charge on any atom is 0.319 e. The molecule has 2 aliphatic heterocycles. The molecule has 0 saturated carbocycles. The third kappa shape index (κ3) is 5.52. The monoisotopic (exact) mass is 497 g/mol. The topological polar surface area (TPSA) is 97.3 Å². The van der Waals surface area contributed by atoms with Crippen molar-refractivity contribution in [1.29, 1.82) is 5.26 Å². The predicted molar refractivity (Wildman–Crippen MR) is 126 cm³/mol. The van der Waals surface area contributed by atoms with Crippen LogP contribution >= 0.6 is 0 Å². The van der Waals surface area contributed by atoms with Crippen LogP contribution < -0.4 is 16.0 Å². The normalized spacial score (nSPS) is 19.4. The van der Waals surface area contributed by atoms with Crippen molar-refractivity contribution in [2.24, 2.45) is 0 Å². The number of amides is 3. The van der Waals surface area contributed by atoms with E-state index < -0.39 is 35.0 Å². The summed E-state index contributed by atoms with van der Waals surface area (Å²) in [4.78, 5) is 26.8. The fraction of sp³-hybridized carbons (Fsp3) is 0.346. The Morgan fingerprint density at radius 3 is 2.50 bits per heavy atom. The van der Waals surface area contributed by atoms with Crippen molar-refractivity contribution < 1.29 is 22.8 Å². The van der Waals surface area contributed by atoms with Crippen molar-refractivity contribution in [3.63, 3.8) is 0 Å². The van der Waals surface area contributed by atoms with Gasteiger partial charge in [0.25, 0.3) is 5.91 Å². The number of nitrogens with zero attached hydrogens (tertiary/aromatic N) is 2. The largest absolute Gasteiger partial charge is 0.352 e. The van der Waals surface area contributed by atoms with Crippen LogP contribution in [0, 0.1) is 28.8 Å². The van der Waals surface area contributed by atoms with E-state index in [1.807, 2.05) is 0 Å². The maximum atomic E-state index is 13.7. The smallest absolute Gasteiger partial charge is 0.319 e. The summed E-state index contributed by atoms with van der Waals surface area (Å²) in [6.45, 7) is 2.49. The Balaban J connectivity index is 1.28. The van der Waals surface area contributed by atoms with Gasteiger partial charge in [0.15, 0.2) is 11.6 Å². The predicted octanol–water partition coefficient (Wildman–Crippen LogP) is 3.41. The minimum Gasteiger partial charge on any atom is -0.352 e. The third-order valence-electron chi connectivity index (χ3n) is 6.74. The summed E-state index contributed by atoms with van der Waals surface area (Å²) in [7, 11) is 0. The van der Waals surface area contributed by atoms with E-state index in [2.05, 4.69) is 26.9 Å². The Labute approximate surface area is 207 Å². The lowest BCUT2D eigenvalue weighted by Gasteiger charge is -2.37. The molecule has 2 aliphatic rings. The van der Waals surface area contributed by atoms with Gasteiger partial charge in [0.2, 0.25) is 0 Å². The van der Waals surface area contributed by atoms with Crippen LogP contribution in [0.1, 0.15) is 36.4 Å². The van der Waals surface area contributed by atoms with Crippen LogP contribution in [0.15, 0.2) is 54.2 Å². The molecule has 3 amide bonds. The molecular formula is C26H26F3N5O2. The summed E-state index contributed by atoms with van der Waals surface area (Å²) in [6, 6.07) is 10.3. The molecule has 7 nitrogen and oxygen atoms in total. The molecule has 0 unspecified atom stereocenters. The van der Waals surface area contributed by atoms with Gasteiger partial charge < -0.3 is 20.9 Å². The molecule has 0 radical (unpaired) electrons. The summed E-state index contributed by atoms with van der Waals surface area (Å²) < 4.78 is 40.3. The lowest BCUT2D eigenvalue weighted by atomic mass is 9.74. The Morgan fingerprint density at radius 2 is 1.83 bits per heavy atom. The highest BCUT2D eigenvalue weighted by molar-refractivity contribution is 5.97.